The van der Waals surface area contributed by atoms with Crippen molar-refractivity contribution in [1.82, 2.24) is 25.0 Å². The third-order valence-electron chi connectivity index (χ3n) is 6.56. The summed E-state index contributed by atoms with van der Waals surface area (Å²) in [6.07, 6.45) is 3.22. The van der Waals surface area contributed by atoms with Gasteiger partial charge in [-0.15, -0.1) is 10.2 Å². The van der Waals surface area contributed by atoms with Gasteiger partial charge < -0.3 is 29.9 Å². The third kappa shape index (κ3) is 6.07. The van der Waals surface area contributed by atoms with Crippen LogP contribution in [0.2, 0.25) is 0 Å². The molecule has 10 heteroatoms. The Bertz CT molecular complexity index is 1220. The molecule has 190 valence electrons. The first-order valence-corrected chi connectivity index (χ1v) is 11.9. The van der Waals surface area contributed by atoms with Gasteiger partial charge in [0.2, 0.25) is 0 Å². The lowest BCUT2D eigenvalue weighted by molar-refractivity contribution is -0.134. The summed E-state index contributed by atoms with van der Waals surface area (Å²) in [4.78, 5) is 29.5. The Balaban J connectivity index is 0.000000331. The summed E-state index contributed by atoms with van der Waals surface area (Å²) in [5.74, 6) is 0.0480. The highest BCUT2D eigenvalue weighted by molar-refractivity contribution is 5.89. The Morgan fingerprint density at radius 2 is 1.69 bits per heavy atom. The summed E-state index contributed by atoms with van der Waals surface area (Å²) in [6.45, 7) is 5.54. The molecule has 3 N–H and O–H groups in total. The van der Waals surface area contributed by atoms with E-state index >= 15 is 0 Å². The number of rotatable bonds is 6. The maximum Gasteiger partial charge on any atom is 0.328 e. The van der Waals surface area contributed by atoms with E-state index in [1.807, 2.05) is 0 Å². The van der Waals surface area contributed by atoms with Gasteiger partial charge in [0.25, 0.3) is 0 Å². The molecule has 1 aromatic carbocycles. The van der Waals surface area contributed by atoms with Crippen molar-refractivity contribution < 1.29 is 19.8 Å². The quantitative estimate of drug-likeness (QED) is 0.445. The Morgan fingerprint density at radius 3 is 2.25 bits per heavy atom. The molecule has 2 unspecified atom stereocenters. The number of carboxylic acid groups (broad SMARTS) is 2. The molecule has 2 aliphatic rings. The van der Waals surface area contributed by atoms with Crippen LogP contribution >= 0.6 is 0 Å². The molecule has 2 saturated heterocycles. The number of hydrogen-bond acceptors (Lipinski definition) is 7. The van der Waals surface area contributed by atoms with Crippen LogP contribution in [0.3, 0.4) is 0 Å². The summed E-state index contributed by atoms with van der Waals surface area (Å²) in [6, 6.07) is 10.7. The molecule has 0 radical (unpaired) electrons. The van der Waals surface area contributed by atoms with Crippen LogP contribution in [-0.4, -0.2) is 94.5 Å². The van der Waals surface area contributed by atoms with Gasteiger partial charge in [0.1, 0.15) is 0 Å². The smallest absolute Gasteiger partial charge is 0.328 e. The molecule has 2 aliphatic heterocycles. The van der Waals surface area contributed by atoms with Gasteiger partial charge in [0.05, 0.1) is 5.69 Å². The van der Waals surface area contributed by atoms with Gasteiger partial charge in [0, 0.05) is 67.5 Å². The number of nitrogens with one attached hydrogen (secondary N) is 1. The van der Waals surface area contributed by atoms with Crippen LogP contribution in [0, 0.1) is 11.8 Å². The van der Waals surface area contributed by atoms with E-state index in [9.17, 15) is 9.59 Å². The minimum absolute atomic E-state index is 0.558. The summed E-state index contributed by atoms with van der Waals surface area (Å²) in [7, 11) is 6.41. The SMILES string of the molecule is CN(C)Cc1c[nH]c2ccc(-c3ccc(N4CC5CN(C)CC5C4)nn3)cc12.O=C(O)C=CC(=O)O. The molecule has 2 aromatic heterocycles. The lowest BCUT2D eigenvalue weighted by Gasteiger charge is -2.19. The van der Waals surface area contributed by atoms with E-state index in [1.165, 1.54) is 29.6 Å². The van der Waals surface area contributed by atoms with E-state index in [1.54, 1.807) is 0 Å². The van der Waals surface area contributed by atoms with E-state index in [0.29, 0.717) is 12.2 Å². The number of aromatic amines is 1. The van der Waals surface area contributed by atoms with E-state index in [2.05, 4.69) is 87.6 Å². The number of aromatic nitrogens is 3. The predicted molar refractivity (Wildman–Crippen MR) is 138 cm³/mol. The minimum Gasteiger partial charge on any atom is -0.478 e. The fourth-order valence-corrected chi connectivity index (χ4v) is 5.01. The molecular formula is C26H32N6O4. The van der Waals surface area contributed by atoms with E-state index in [4.69, 9.17) is 10.2 Å². The molecule has 3 aromatic rings. The average molecular weight is 493 g/mol. The number of benzene rings is 1. The summed E-state index contributed by atoms with van der Waals surface area (Å²) in [5, 5.41) is 26.0. The Kier molecular flexibility index (Phi) is 7.66. The number of carbonyl (C=O) groups is 2. The molecule has 0 amide bonds. The van der Waals surface area contributed by atoms with Crippen LogP contribution in [0.15, 0.2) is 48.7 Å². The maximum absolute atomic E-state index is 9.55. The van der Waals surface area contributed by atoms with Crippen molar-refractivity contribution in [3.05, 3.63) is 54.2 Å². The number of hydrogen-bond donors (Lipinski definition) is 3. The highest BCUT2D eigenvalue weighted by Gasteiger charge is 2.39. The molecule has 0 spiro atoms. The molecule has 0 saturated carbocycles. The lowest BCUT2D eigenvalue weighted by Crippen LogP contribution is -2.27. The highest BCUT2D eigenvalue weighted by atomic mass is 16.4. The van der Waals surface area contributed by atoms with Crippen molar-refractivity contribution in [3.8, 4) is 11.3 Å². The van der Waals surface area contributed by atoms with Crippen molar-refractivity contribution in [2.75, 3.05) is 52.2 Å². The number of nitrogens with zero attached hydrogens (tertiary/aromatic N) is 5. The number of fused-ring (bicyclic) bond motifs is 2. The van der Waals surface area contributed by atoms with Crippen LogP contribution in [0.4, 0.5) is 5.82 Å². The number of aliphatic carboxylic acids is 2. The second-order valence-corrected chi connectivity index (χ2v) is 9.74. The van der Waals surface area contributed by atoms with Crippen LogP contribution in [0.5, 0.6) is 0 Å². The number of anilines is 1. The first kappa shape index (κ1) is 25.3. The van der Waals surface area contributed by atoms with Crippen LogP contribution in [0.1, 0.15) is 5.56 Å². The van der Waals surface area contributed by atoms with E-state index < -0.39 is 11.9 Å². The largest absolute Gasteiger partial charge is 0.478 e. The molecule has 36 heavy (non-hydrogen) atoms. The fourth-order valence-electron chi connectivity index (χ4n) is 5.01. The molecule has 0 bridgehead atoms. The Labute approximate surface area is 209 Å². The second-order valence-electron chi connectivity index (χ2n) is 9.74. The zero-order chi connectivity index (χ0) is 25.8. The molecule has 5 rings (SSSR count). The summed E-state index contributed by atoms with van der Waals surface area (Å²) < 4.78 is 0. The maximum atomic E-state index is 9.55. The summed E-state index contributed by atoms with van der Waals surface area (Å²) >= 11 is 0. The lowest BCUT2D eigenvalue weighted by atomic mass is 10.0. The van der Waals surface area contributed by atoms with Gasteiger partial charge in [-0.2, -0.15) is 0 Å². The Hall–Kier alpha value is -3.76. The van der Waals surface area contributed by atoms with Crippen molar-refractivity contribution in [2.45, 2.75) is 6.54 Å². The van der Waals surface area contributed by atoms with Gasteiger partial charge in [0.15, 0.2) is 5.82 Å². The monoisotopic (exact) mass is 492 g/mol. The van der Waals surface area contributed by atoms with Gasteiger partial charge in [-0.25, -0.2) is 9.59 Å². The topological polar surface area (TPSA) is 126 Å². The van der Waals surface area contributed by atoms with Crippen molar-refractivity contribution in [3.63, 3.8) is 0 Å². The molecule has 10 nitrogen and oxygen atoms in total. The van der Waals surface area contributed by atoms with Gasteiger partial charge in [-0.1, -0.05) is 6.07 Å². The van der Waals surface area contributed by atoms with Gasteiger partial charge >= 0.3 is 11.9 Å². The van der Waals surface area contributed by atoms with Crippen molar-refractivity contribution in [1.29, 1.82) is 0 Å². The van der Waals surface area contributed by atoms with Crippen LogP contribution < -0.4 is 4.90 Å². The van der Waals surface area contributed by atoms with Crippen molar-refractivity contribution >= 4 is 28.7 Å². The normalized spacial score (nSPS) is 19.6. The standard InChI is InChI=1S/C22H28N6.C4H4O4/c1-26(2)10-16-9-23-21-5-4-15(8-19(16)21)20-6-7-22(25-24-20)28-13-17-11-27(3)12-18(17)14-28;5-3(6)1-2-4(7)8/h4-9,17-18,23H,10-14H2,1-3H3;1-2H,(H,5,6)(H,7,8). The first-order valence-electron chi connectivity index (χ1n) is 11.9. The second kappa shape index (κ2) is 10.9. The molecule has 0 aliphatic carbocycles. The highest BCUT2D eigenvalue weighted by Crippen LogP contribution is 2.33. The molecule has 4 heterocycles. The Morgan fingerprint density at radius 1 is 1.03 bits per heavy atom. The molecule has 2 fully saturated rings. The average Bonchev–Trinajstić information content (AvgIpc) is 3.51. The minimum atomic E-state index is -1.26. The zero-order valence-corrected chi connectivity index (χ0v) is 20.8. The zero-order valence-electron chi connectivity index (χ0n) is 20.8. The fraction of sp³-hybridized carbons (Fsp3) is 0.385. The molecule has 2 atom stereocenters. The number of H-pyrrole nitrogens is 1. The predicted octanol–water partition coefficient (Wildman–Crippen LogP) is 2.40. The van der Waals surface area contributed by atoms with Crippen molar-refractivity contribution in [2.24, 2.45) is 11.8 Å². The third-order valence-corrected chi connectivity index (χ3v) is 6.56. The number of likely N-dealkylation sites (tertiary alicyclic amines) is 1. The van der Waals surface area contributed by atoms with Gasteiger partial charge in [-0.3, -0.25) is 0 Å². The molecular weight excluding hydrogens is 460 g/mol. The van der Waals surface area contributed by atoms with Gasteiger partial charge in [-0.05, 0) is 62.8 Å². The van der Waals surface area contributed by atoms with Crippen LogP contribution in [-0.2, 0) is 16.1 Å². The van der Waals surface area contributed by atoms with E-state index in [0.717, 1.165) is 48.5 Å². The summed E-state index contributed by atoms with van der Waals surface area (Å²) in [5.41, 5.74) is 4.52. The first-order chi connectivity index (χ1) is 17.2. The van der Waals surface area contributed by atoms with E-state index in [-0.39, 0.29) is 0 Å². The van der Waals surface area contributed by atoms with Crippen LogP contribution in [0.25, 0.3) is 22.2 Å². The number of carboxylic acids is 2.